The van der Waals surface area contributed by atoms with Crippen molar-refractivity contribution >= 4 is 44.5 Å². The van der Waals surface area contributed by atoms with Crippen LogP contribution in [0.25, 0.3) is 11.0 Å². The molecule has 1 aromatic heterocycles. The molecule has 1 N–H and O–H groups in total. The fourth-order valence-corrected chi connectivity index (χ4v) is 1.63. The third kappa shape index (κ3) is 1.51. The van der Waals surface area contributed by atoms with Crippen LogP contribution in [0.4, 0.5) is 0 Å². The summed E-state index contributed by atoms with van der Waals surface area (Å²) in [5.41, 5.74) is 0.499. The molecular formula is C9H4BrClO3. The molecule has 0 unspecified atom stereocenters. The molecule has 2 rings (SSSR count). The normalized spacial score (nSPS) is 10.7. The maximum atomic E-state index is 10.6. The van der Waals surface area contributed by atoms with Gasteiger partial charge in [0.2, 0.25) is 5.76 Å². The Morgan fingerprint density at radius 3 is 2.79 bits per heavy atom. The second kappa shape index (κ2) is 3.29. The Morgan fingerprint density at radius 1 is 1.43 bits per heavy atom. The number of fused-ring (bicyclic) bond motifs is 1. The van der Waals surface area contributed by atoms with Crippen LogP contribution in [0, 0.1) is 0 Å². The minimum atomic E-state index is -1.09. The van der Waals surface area contributed by atoms with Crippen LogP contribution in [0.5, 0.6) is 0 Å². The predicted octanol–water partition coefficient (Wildman–Crippen LogP) is 3.55. The number of carboxylic acid groups (broad SMARTS) is 1. The number of benzene rings is 1. The molecule has 2 aromatic rings. The lowest BCUT2D eigenvalue weighted by molar-refractivity contribution is 0.0665. The molecule has 0 saturated carbocycles. The lowest BCUT2D eigenvalue weighted by Crippen LogP contribution is -1.91. The van der Waals surface area contributed by atoms with Crippen molar-refractivity contribution in [2.45, 2.75) is 0 Å². The molecule has 0 atom stereocenters. The molecule has 0 saturated heterocycles. The molecular weight excluding hydrogens is 271 g/mol. The number of carbonyl (C=O) groups is 1. The number of furan rings is 1. The lowest BCUT2D eigenvalue weighted by atomic mass is 10.2. The van der Waals surface area contributed by atoms with Crippen LogP contribution in [0.3, 0.4) is 0 Å². The first kappa shape index (κ1) is 9.55. The van der Waals surface area contributed by atoms with Gasteiger partial charge in [0.05, 0.1) is 5.02 Å². The minimum absolute atomic E-state index is 0.0887. The highest BCUT2D eigenvalue weighted by atomic mass is 79.9. The second-order valence-corrected chi connectivity index (χ2v) is 3.98. The third-order valence-electron chi connectivity index (χ3n) is 1.77. The maximum absolute atomic E-state index is 10.6. The summed E-state index contributed by atoms with van der Waals surface area (Å²) in [6, 6.07) is 4.73. The lowest BCUT2D eigenvalue weighted by Gasteiger charge is -1.93. The summed E-state index contributed by atoms with van der Waals surface area (Å²) < 4.78 is 5.76. The first-order chi connectivity index (χ1) is 6.58. The van der Waals surface area contributed by atoms with Crippen LogP contribution in [0.2, 0.25) is 5.02 Å². The van der Waals surface area contributed by atoms with E-state index < -0.39 is 5.97 Å². The van der Waals surface area contributed by atoms with Crippen molar-refractivity contribution in [2.75, 3.05) is 0 Å². The summed E-state index contributed by atoms with van der Waals surface area (Å²) in [6.45, 7) is 0. The summed E-state index contributed by atoms with van der Waals surface area (Å²) in [5.74, 6) is -1.18. The van der Waals surface area contributed by atoms with E-state index in [1.807, 2.05) is 0 Å². The number of hydrogen-bond acceptors (Lipinski definition) is 2. The Hall–Kier alpha value is -1.00. The van der Waals surface area contributed by atoms with E-state index in [9.17, 15) is 4.79 Å². The molecule has 0 aliphatic rings. The number of rotatable bonds is 1. The summed E-state index contributed by atoms with van der Waals surface area (Å²) in [5, 5.41) is 9.89. The number of carboxylic acids is 1. The van der Waals surface area contributed by atoms with Crippen LogP contribution >= 0.6 is 27.5 Å². The molecule has 0 radical (unpaired) electrons. The van der Waals surface area contributed by atoms with Gasteiger partial charge in [0, 0.05) is 9.86 Å². The Bertz CT molecular complexity index is 479. The Morgan fingerprint density at radius 2 is 2.14 bits per heavy atom. The van der Waals surface area contributed by atoms with E-state index in [0.29, 0.717) is 20.5 Å². The highest BCUT2D eigenvalue weighted by molar-refractivity contribution is 9.10. The molecule has 0 aliphatic carbocycles. The number of hydrogen-bond donors (Lipinski definition) is 1. The Kier molecular flexibility index (Phi) is 2.25. The van der Waals surface area contributed by atoms with Crippen LogP contribution in [-0.2, 0) is 0 Å². The van der Waals surface area contributed by atoms with E-state index in [0.717, 1.165) is 0 Å². The first-order valence-electron chi connectivity index (χ1n) is 3.70. The van der Waals surface area contributed by atoms with Gasteiger partial charge in [-0.1, -0.05) is 11.6 Å². The highest BCUT2D eigenvalue weighted by Crippen LogP contribution is 2.30. The van der Waals surface area contributed by atoms with Crippen molar-refractivity contribution in [1.29, 1.82) is 0 Å². The minimum Gasteiger partial charge on any atom is -0.475 e. The summed E-state index contributed by atoms with van der Waals surface area (Å²) in [4.78, 5) is 10.6. The van der Waals surface area contributed by atoms with Gasteiger partial charge in [0.1, 0.15) is 5.58 Å². The van der Waals surface area contributed by atoms with Gasteiger partial charge in [-0.2, -0.15) is 0 Å². The van der Waals surface area contributed by atoms with E-state index in [1.165, 1.54) is 6.07 Å². The average Bonchev–Trinajstić information content (AvgIpc) is 2.48. The van der Waals surface area contributed by atoms with Gasteiger partial charge in [-0.25, -0.2) is 4.79 Å². The van der Waals surface area contributed by atoms with Crippen LogP contribution in [0.15, 0.2) is 27.1 Å². The zero-order valence-electron chi connectivity index (χ0n) is 6.75. The molecule has 0 bridgehead atoms. The zero-order chi connectivity index (χ0) is 10.3. The smallest absolute Gasteiger partial charge is 0.371 e. The fraction of sp³-hybridized carbons (Fsp3) is 0. The van der Waals surface area contributed by atoms with Crippen molar-refractivity contribution < 1.29 is 14.3 Å². The Balaban J connectivity index is 2.72. The molecule has 3 nitrogen and oxygen atoms in total. The first-order valence-corrected chi connectivity index (χ1v) is 4.87. The molecule has 1 aromatic carbocycles. The van der Waals surface area contributed by atoms with Gasteiger partial charge in [-0.15, -0.1) is 0 Å². The monoisotopic (exact) mass is 274 g/mol. The van der Waals surface area contributed by atoms with Gasteiger partial charge in [0.25, 0.3) is 0 Å². The van der Waals surface area contributed by atoms with Crippen molar-refractivity contribution in [2.24, 2.45) is 0 Å². The molecule has 0 fully saturated rings. The molecule has 0 aliphatic heterocycles. The van der Waals surface area contributed by atoms with Crippen LogP contribution in [0.1, 0.15) is 10.6 Å². The van der Waals surface area contributed by atoms with Gasteiger partial charge in [-0.3, -0.25) is 0 Å². The van der Waals surface area contributed by atoms with Crippen molar-refractivity contribution in [3.05, 3.63) is 33.5 Å². The molecule has 5 heteroatoms. The molecule has 14 heavy (non-hydrogen) atoms. The standard InChI is InChI=1S/C9H4BrClO3/c10-5-3-7-4(1-6(5)11)2-8(14-7)9(12)13/h1-3H,(H,12,13). The van der Waals surface area contributed by atoms with Crippen molar-refractivity contribution in [1.82, 2.24) is 0 Å². The maximum Gasteiger partial charge on any atom is 0.371 e. The second-order valence-electron chi connectivity index (χ2n) is 2.72. The van der Waals surface area contributed by atoms with Gasteiger partial charge < -0.3 is 9.52 Å². The highest BCUT2D eigenvalue weighted by Gasteiger charge is 2.11. The van der Waals surface area contributed by atoms with E-state index in [1.54, 1.807) is 12.1 Å². The summed E-state index contributed by atoms with van der Waals surface area (Å²) in [7, 11) is 0. The SMILES string of the molecule is O=C(O)c1cc2cc(Cl)c(Br)cc2o1. The van der Waals surface area contributed by atoms with Crippen LogP contribution < -0.4 is 0 Å². The van der Waals surface area contributed by atoms with E-state index in [-0.39, 0.29) is 5.76 Å². The van der Waals surface area contributed by atoms with Gasteiger partial charge in [-0.05, 0) is 34.1 Å². The Labute approximate surface area is 92.4 Å². The van der Waals surface area contributed by atoms with Crippen LogP contribution in [-0.4, -0.2) is 11.1 Å². The molecule has 0 amide bonds. The number of halogens is 2. The molecule has 0 spiro atoms. The van der Waals surface area contributed by atoms with Crippen molar-refractivity contribution in [3.63, 3.8) is 0 Å². The van der Waals surface area contributed by atoms with Gasteiger partial charge >= 0.3 is 5.97 Å². The quantitative estimate of drug-likeness (QED) is 0.866. The summed E-state index contributed by atoms with van der Waals surface area (Å²) >= 11 is 9.06. The molecule has 1 heterocycles. The van der Waals surface area contributed by atoms with E-state index in [2.05, 4.69) is 15.9 Å². The van der Waals surface area contributed by atoms with Crippen molar-refractivity contribution in [3.8, 4) is 0 Å². The number of aromatic carboxylic acids is 1. The predicted molar refractivity (Wildman–Crippen MR) is 55.9 cm³/mol. The average molecular weight is 275 g/mol. The third-order valence-corrected chi connectivity index (χ3v) is 2.97. The largest absolute Gasteiger partial charge is 0.475 e. The van der Waals surface area contributed by atoms with E-state index in [4.69, 9.17) is 21.1 Å². The topological polar surface area (TPSA) is 50.4 Å². The fourth-order valence-electron chi connectivity index (χ4n) is 1.14. The van der Waals surface area contributed by atoms with Gasteiger partial charge in [0.15, 0.2) is 0 Å². The summed E-state index contributed by atoms with van der Waals surface area (Å²) in [6.07, 6.45) is 0. The molecule has 72 valence electrons. The zero-order valence-corrected chi connectivity index (χ0v) is 9.09. The van der Waals surface area contributed by atoms with E-state index >= 15 is 0 Å².